The zero-order chi connectivity index (χ0) is 22.5. The first-order valence-electron chi connectivity index (χ1n) is 10.2. The molecule has 0 bridgehead atoms. The minimum atomic E-state index is -0.448. The van der Waals surface area contributed by atoms with Crippen molar-refractivity contribution >= 4 is 40.2 Å². The first kappa shape index (κ1) is 22.7. The number of rotatable bonds is 6. The fourth-order valence-electron chi connectivity index (χ4n) is 3.33. The Morgan fingerprint density at radius 2 is 1.87 bits per heavy atom. The van der Waals surface area contributed by atoms with E-state index in [1.54, 1.807) is 11.3 Å². The van der Waals surface area contributed by atoms with Gasteiger partial charge in [0, 0.05) is 16.3 Å². The van der Waals surface area contributed by atoms with Gasteiger partial charge in [-0.15, -0.1) is 22.7 Å². The molecule has 0 aliphatic rings. The third-order valence-electron chi connectivity index (χ3n) is 4.89. The SMILES string of the molecule is CCCCNC(=O)/C(C#N)=c1\s/c(=C\c2ccc(C)s2)c(=O)n1-c1c(C)cccc1C. The van der Waals surface area contributed by atoms with E-state index in [4.69, 9.17) is 0 Å². The molecule has 0 atom stereocenters. The number of hydrogen-bond acceptors (Lipinski definition) is 5. The zero-order valence-electron chi connectivity index (χ0n) is 18.1. The molecule has 3 rings (SSSR count). The molecular formula is C24H25N3O2S2. The number of hydrogen-bond donors (Lipinski definition) is 1. The summed E-state index contributed by atoms with van der Waals surface area (Å²) in [6.45, 7) is 8.39. The van der Waals surface area contributed by atoms with E-state index in [1.165, 1.54) is 15.9 Å². The van der Waals surface area contributed by atoms with Crippen molar-refractivity contribution in [1.29, 1.82) is 5.26 Å². The van der Waals surface area contributed by atoms with Crippen LogP contribution in [0.15, 0.2) is 35.1 Å². The van der Waals surface area contributed by atoms with Crippen LogP contribution in [0.2, 0.25) is 0 Å². The summed E-state index contributed by atoms with van der Waals surface area (Å²) in [6, 6.07) is 11.8. The molecule has 7 heteroatoms. The van der Waals surface area contributed by atoms with E-state index < -0.39 is 5.91 Å². The highest BCUT2D eigenvalue weighted by atomic mass is 32.1. The Morgan fingerprint density at radius 1 is 1.16 bits per heavy atom. The summed E-state index contributed by atoms with van der Waals surface area (Å²) >= 11 is 2.78. The van der Waals surface area contributed by atoms with Crippen LogP contribution in [0.25, 0.3) is 17.3 Å². The number of benzene rings is 1. The van der Waals surface area contributed by atoms with Crippen LogP contribution < -0.4 is 20.1 Å². The second-order valence-corrected chi connectivity index (χ2v) is 9.69. The molecule has 0 spiro atoms. The lowest BCUT2D eigenvalue weighted by Crippen LogP contribution is -2.34. The number of para-hydroxylation sites is 1. The van der Waals surface area contributed by atoms with Crippen molar-refractivity contribution in [2.45, 2.75) is 40.5 Å². The average Bonchev–Trinajstić information content (AvgIpc) is 3.27. The molecule has 0 aliphatic heterocycles. The molecule has 0 fully saturated rings. The van der Waals surface area contributed by atoms with Gasteiger partial charge in [-0.1, -0.05) is 31.5 Å². The summed E-state index contributed by atoms with van der Waals surface area (Å²) in [5, 5.41) is 12.7. The van der Waals surface area contributed by atoms with Gasteiger partial charge in [-0.05, 0) is 56.5 Å². The number of thiazole rings is 1. The van der Waals surface area contributed by atoms with Gasteiger partial charge in [-0.3, -0.25) is 14.2 Å². The molecule has 31 heavy (non-hydrogen) atoms. The predicted octanol–water partition coefficient (Wildman–Crippen LogP) is 3.31. The lowest BCUT2D eigenvalue weighted by atomic mass is 10.1. The van der Waals surface area contributed by atoms with E-state index >= 15 is 0 Å². The van der Waals surface area contributed by atoms with E-state index in [9.17, 15) is 14.9 Å². The van der Waals surface area contributed by atoms with Gasteiger partial charge < -0.3 is 5.32 Å². The van der Waals surface area contributed by atoms with Crippen LogP contribution in [0.4, 0.5) is 0 Å². The molecule has 0 radical (unpaired) electrons. The summed E-state index contributed by atoms with van der Waals surface area (Å²) in [6.07, 6.45) is 3.60. The Bertz CT molecular complexity index is 1320. The normalized spacial score (nSPS) is 12.5. The van der Waals surface area contributed by atoms with Crippen molar-refractivity contribution in [3.63, 3.8) is 0 Å². The first-order valence-corrected chi connectivity index (χ1v) is 11.8. The van der Waals surface area contributed by atoms with Gasteiger partial charge in [0.2, 0.25) is 0 Å². The number of nitriles is 1. The summed E-state index contributed by atoms with van der Waals surface area (Å²) < 4.78 is 2.38. The summed E-state index contributed by atoms with van der Waals surface area (Å²) in [5.41, 5.74) is 2.27. The third kappa shape index (κ3) is 4.87. The predicted molar refractivity (Wildman–Crippen MR) is 128 cm³/mol. The largest absolute Gasteiger partial charge is 0.351 e. The van der Waals surface area contributed by atoms with Crippen molar-refractivity contribution in [3.05, 3.63) is 70.8 Å². The van der Waals surface area contributed by atoms with Crippen LogP contribution in [0.5, 0.6) is 0 Å². The molecule has 2 heterocycles. The number of unbranched alkanes of at least 4 members (excludes halogenated alkanes) is 1. The Kier molecular flexibility index (Phi) is 7.26. The Hall–Kier alpha value is -2.95. The van der Waals surface area contributed by atoms with Gasteiger partial charge >= 0.3 is 0 Å². The molecule has 3 aromatic rings. The number of nitrogens with one attached hydrogen (secondary N) is 1. The van der Waals surface area contributed by atoms with Gasteiger partial charge in [0.1, 0.15) is 10.7 Å². The van der Waals surface area contributed by atoms with Crippen molar-refractivity contribution in [1.82, 2.24) is 9.88 Å². The van der Waals surface area contributed by atoms with Gasteiger partial charge in [-0.2, -0.15) is 5.26 Å². The maximum Gasteiger partial charge on any atom is 0.273 e. The lowest BCUT2D eigenvalue weighted by Gasteiger charge is -2.11. The summed E-state index contributed by atoms with van der Waals surface area (Å²) in [4.78, 5) is 28.4. The standard InChI is InChI=1S/C24H25N3O2S2/c1-5-6-12-26-22(28)19(14-25)24-27(21-15(2)8-7-9-16(21)3)23(29)20(31-24)13-18-11-10-17(4)30-18/h7-11,13H,5-6,12H2,1-4H3,(H,26,28)/b20-13-,24-19-. The molecule has 0 aliphatic carbocycles. The van der Waals surface area contributed by atoms with E-state index in [1.807, 2.05) is 70.2 Å². The summed E-state index contributed by atoms with van der Waals surface area (Å²) in [5.74, 6) is -0.448. The van der Waals surface area contributed by atoms with Crippen molar-refractivity contribution in [3.8, 4) is 11.8 Å². The second-order valence-electron chi connectivity index (χ2n) is 7.34. The number of nitrogens with zero attached hydrogens (tertiary/aromatic N) is 2. The molecule has 1 N–H and O–H groups in total. The molecule has 2 aromatic heterocycles. The first-order chi connectivity index (χ1) is 14.9. The minimum Gasteiger partial charge on any atom is -0.351 e. The van der Waals surface area contributed by atoms with Gasteiger partial charge in [-0.25, -0.2) is 0 Å². The van der Waals surface area contributed by atoms with Crippen LogP contribution in [-0.2, 0) is 4.79 Å². The second kappa shape index (κ2) is 9.90. The van der Waals surface area contributed by atoms with Gasteiger partial charge in [0.15, 0.2) is 5.57 Å². The number of thiophene rings is 1. The van der Waals surface area contributed by atoms with E-state index in [0.717, 1.165) is 39.4 Å². The van der Waals surface area contributed by atoms with Gasteiger partial charge in [0.05, 0.1) is 10.2 Å². The summed E-state index contributed by atoms with van der Waals surface area (Å²) in [7, 11) is 0. The molecule has 1 aromatic carbocycles. The smallest absolute Gasteiger partial charge is 0.273 e. The zero-order valence-corrected chi connectivity index (χ0v) is 19.7. The third-order valence-corrected chi connectivity index (χ3v) is 6.93. The quantitative estimate of drug-likeness (QED) is 0.585. The number of carbonyl (C=O) groups is 1. The molecule has 0 saturated carbocycles. The lowest BCUT2D eigenvalue weighted by molar-refractivity contribution is -0.115. The molecule has 0 saturated heterocycles. The van der Waals surface area contributed by atoms with E-state index in [-0.39, 0.29) is 11.1 Å². The number of amides is 1. The highest BCUT2D eigenvalue weighted by Crippen LogP contribution is 2.17. The number of carbonyl (C=O) groups excluding carboxylic acids is 1. The maximum atomic E-state index is 13.5. The van der Waals surface area contributed by atoms with Crippen LogP contribution in [0.3, 0.4) is 0 Å². The maximum absolute atomic E-state index is 13.5. The van der Waals surface area contributed by atoms with Crippen molar-refractivity contribution in [2.24, 2.45) is 0 Å². The van der Waals surface area contributed by atoms with Crippen LogP contribution >= 0.6 is 22.7 Å². The molecule has 160 valence electrons. The minimum absolute atomic E-state index is 0.0390. The topological polar surface area (TPSA) is 74.9 Å². The van der Waals surface area contributed by atoms with Gasteiger partial charge in [0.25, 0.3) is 11.5 Å². The highest BCUT2D eigenvalue weighted by Gasteiger charge is 2.18. The molecule has 0 unspecified atom stereocenters. The van der Waals surface area contributed by atoms with Crippen LogP contribution in [-0.4, -0.2) is 17.0 Å². The van der Waals surface area contributed by atoms with Crippen molar-refractivity contribution < 1.29 is 4.79 Å². The van der Waals surface area contributed by atoms with E-state index in [0.29, 0.717) is 15.7 Å². The Balaban J connectivity index is 2.36. The van der Waals surface area contributed by atoms with E-state index in [2.05, 4.69) is 5.32 Å². The van der Waals surface area contributed by atoms with Crippen molar-refractivity contribution in [2.75, 3.05) is 6.54 Å². The monoisotopic (exact) mass is 451 g/mol. The highest BCUT2D eigenvalue weighted by molar-refractivity contribution is 7.13. The fraction of sp³-hybridized carbons (Fsp3) is 0.292. The van der Waals surface area contributed by atoms with Crippen LogP contribution in [0, 0.1) is 32.1 Å². The molecular weight excluding hydrogens is 426 g/mol. The molecule has 5 nitrogen and oxygen atoms in total. The molecule has 1 amide bonds. The van der Waals surface area contributed by atoms with Crippen LogP contribution in [0.1, 0.15) is 40.6 Å². The average molecular weight is 452 g/mol. The number of aryl methyl sites for hydroxylation is 3. The number of aromatic nitrogens is 1. The Labute approximate surface area is 189 Å². The Morgan fingerprint density at radius 3 is 2.45 bits per heavy atom. The fourth-order valence-corrected chi connectivity index (χ4v) is 5.31.